The van der Waals surface area contributed by atoms with Crippen molar-refractivity contribution in [2.45, 2.75) is 93.4 Å². The van der Waals surface area contributed by atoms with Gasteiger partial charge in [-0.2, -0.15) is 0 Å². The first-order valence-electron chi connectivity index (χ1n) is 10.6. The third-order valence-corrected chi connectivity index (χ3v) is 6.52. The summed E-state index contributed by atoms with van der Waals surface area (Å²) >= 11 is 0. The van der Waals surface area contributed by atoms with Gasteiger partial charge in [0.2, 0.25) is 0 Å². The summed E-state index contributed by atoms with van der Waals surface area (Å²) in [6, 6.07) is 0. The molecule has 154 valence electrons. The van der Waals surface area contributed by atoms with E-state index in [2.05, 4.69) is 40.7 Å². The highest BCUT2D eigenvalue weighted by Gasteiger charge is 2.46. The first kappa shape index (κ1) is 23.7. The van der Waals surface area contributed by atoms with Crippen LogP contribution < -0.4 is 0 Å². The van der Waals surface area contributed by atoms with Crippen molar-refractivity contribution >= 4 is 11.8 Å². The Labute approximate surface area is 166 Å². The molecule has 27 heavy (non-hydrogen) atoms. The highest BCUT2D eigenvalue weighted by Crippen LogP contribution is 2.54. The van der Waals surface area contributed by atoms with Crippen molar-refractivity contribution in [1.29, 1.82) is 0 Å². The molecule has 0 radical (unpaired) electrons. The SMILES string of the molecule is CC(=O)C1(C)CCC2=C(C1C)C(C)(C)CCC2.CC/C=C\CCOC(C)=O. The molecule has 2 aliphatic carbocycles. The number of Topliss-reactive ketones (excluding diaryl/α,β-unsaturated/α-hetero) is 1. The number of ether oxygens (including phenoxy) is 1. The van der Waals surface area contributed by atoms with Crippen molar-refractivity contribution in [2.24, 2.45) is 16.7 Å². The molecule has 0 aromatic carbocycles. The van der Waals surface area contributed by atoms with Crippen LogP contribution in [0.2, 0.25) is 0 Å². The highest BCUT2D eigenvalue weighted by molar-refractivity contribution is 5.83. The van der Waals surface area contributed by atoms with Gasteiger partial charge >= 0.3 is 5.97 Å². The summed E-state index contributed by atoms with van der Waals surface area (Å²) in [5.41, 5.74) is 3.48. The van der Waals surface area contributed by atoms with Crippen LogP contribution in [0.4, 0.5) is 0 Å². The second kappa shape index (κ2) is 10.2. The first-order chi connectivity index (χ1) is 12.6. The molecule has 0 heterocycles. The molecule has 2 aliphatic rings. The average Bonchev–Trinajstić information content (AvgIpc) is 2.57. The number of ketones is 1. The van der Waals surface area contributed by atoms with E-state index in [9.17, 15) is 9.59 Å². The molecule has 2 rings (SSSR count). The molecule has 3 nitrogen and oxygen atoms in total. The summed E-state index contributed by atoms with van der Waals surface area (Å²) in [5.74, 6) is 0.599. The Morgan fingerprint density at radius 2 is 1.78 bits per heavy atom. The fraction of sp³-hybridized carbons (Fsp3) is 0.750. The van der Waals surface area contributed by atoms with E-state index in [4.69, 9.17) is 4.74 Å². The molecule has 0 saturated heterocycles. The van der Waals surface area contributed by atoms with Gasteiger partial charge in [-0.15, -0.1) is 0 Å². The second-order valence-corrected chi connectivity index (χ2v) is 8.96. The maximum atomic E-state index is 12.0. The first-order valence-corrected chi connectivity index (χ1v) is 10.6. The Bertz CT molecular complexity index is 582. The Morgan fingerprint density at radius 3 is 2.33 bits per heavy atom. The van der Waals surface area contributed by atoms with Gasteiger partial charge in [0, 0.05) is 12.3 Å². The molecular formula is C24H40O3. The zero-order chi connectivity index (χ0) is 20.7. The van der Waals surface area contributed by atoms with Crippen molar-refractivity contribution in [3.8, 4) is 0 Å². The largest absolute Gasteiger partial charge is 0.466 e. The van der Waals surface area contributed by atoms with E-state index in [1.54, 1.807) is 18.1 Å². The molecule has 0 aromatic rings. The number of carbonyl (C=O) groups is 2. The molecule has 0 aromatic heterocycles. The second-order valence-electron chi connectivity index (χ2n) is 8.96. The predicted octanol–water partition coefficient (Wildman–Crippen LogP) is 6.42. The number of hydrogen-bond acceptors (Lipinski definition) is 3. The smallest absolute Gasteiger partial charge is 0.302 e. The summed E-state index contributed by atoms with van der Waals surface area (Å²) in [6.07, 6.45) is 12.0. The topological polar surface area (TPSA) is 43.4 Å². The Hall–Kier alpha value is -1.38. The maximum absolute atomic E-state index is 12.0. The lowest BCUT2D eigenvalue weighted by atomic mass is 9.55. The van der Waals surface area contributed by atoms with Crippen LogP contribution in [0, 0.1) is 16.7 Å². The van der Waals surface area contributed by atoms with Crippen LogP contribution in [-0.2, 0) is 14.3 Å². The summed E-state index contributed by atoms with van der Waals surface area (Å²) in [6.45, 7) is 15.0. The summed E-state index contributed by atoms with van der Waals surface area (Å²) in [5, 5.41) is 0. The summed E-state index contributed by atoms with van der Waals surface area (Å²) < 4.78 is 4.70. The van der Waals surface area contributed by atoms with Gasteiger partial charge < -0.3 is 4.74 Å². The van der Waals surface area contributed by atoms with Gasteiger partial charge in [0.1, 0.15) is 5.78 Å². The van der Waals surface area contributed by atoms with Gasteiger partial charge in [-0.25, -0.2) is 0 Å². The van der Waals surface area contributed by atoms with E-state index in [-0.39, 0.29) is 11.4 Å². The van der Waals surface area contributed by atoms with Gasteiger partial charge in [-0.1, -0.05) is 57.9 Å². The van der Waals surface area contributed by atoms with Gasteiger partial charge in [-0.05, 0) is 63.2 Å². The van der Waals surface area contributed by atoms with Crippen molar-refractivity contribution in [3.05, 3.63) is 23.3 Å². The molecule has 2 unspecified atom stereocenters. The van der Waals surface area contributed by atoms with Gasteiger partial charge in [0.25, 0.3) is 0 Å². The summed E-state index contributed by atoms with van der Waals surface area (Å²) in [4.78, 5) is 22.2. The lowest BCUT2D eigenvalue weighted by Crippen LogP contribution is -2.42. The lowest BCUT2D eigenvalue weighted by Gasteiger charge is -2.48. The van der Waals surface area contributed by atoms with Gasteiger partial charge in [0.05, 0.1) is 6.61 Å². The number of allylic oxidation sites excluding steroid dienone is 3. The molecule has 2 atom stereocenters. The fourth-order valence-electron chi connectivity index (χ4n) is 4.63. The van der Waals surface area contributed by atoms with Crippen LogP contribution in [-0.4, -0.2) is 18.4 Å². The fourth-order valence-corrected chi connectivity index (χ4v) is 4.63. The number of carbonyl (C=O) groups excluding carboxylic acids is 2. The van der Waals surface area contributed by atoms with E-state index in [1.165, 1.54) is 26.2 Å². The quantitative estimate of drug-likeness (QED) is 0.316. The lowest BCUT2D eigenvalue weighted by molar-refractivity contribution is -0.140. The monoisotopic (exact) mass is 376 g/mol. The van der Waals surface area contributed by atoms with E-state index < -0.39 is 0 Å². The third-order valence-electron chi connectivity index (χ3n) is 6.52. The van der Waals surface area contributed by atoms with E-state index in [0.29, 0.717) is 23.7 Å². The minimum atomic E-state index is -0.204. The van der Waals surface area contributed by atoms with Gasteiger partial charge in [-0.3, -0.25) is 9.59 Å². The van der Waals surface area contributed by atoms with Crippen molar-refractivity contribution in [2.75, 3.05) is 6.61 Å². The molecule has 0 spiro atoms. The van der Waals surface area contributed by atoms with Crippen LogP contribution in [0.5, 0.6) is 0 Å². The average molecular weight is 377 g/mol. The number of rotatable bonds is 5. The van der Waals surface area contributed by atoms with Crippen LogP contribution in [0.15, 0.2) is 23.3 Å². The molecular weight excluding hydrogens is 336 g/mol. The van der Waals surface area contributed by atoms with Crippen LogP contribution in [0.3, 0.4) is 0 Å². The van der Waals surface area contributed by atoms with Crippen molar-refractivity contribution in [1.82, 2.24) is 0 Å². The standard InChI is InChI=1S/C16H26O.C8H14O2/c1-11-14-13(7-6-9-15(14,3)4)8-10-16(11,5)12(2)17;1-3-4-5-6-7-10-8(2)9/h11H,6-10H2,1-5H3;4-5H,3,6-7H2,1-2H3/b;5-4-. The highest BCUT2D eigenvalue weighted by atomic mass is 16.5. The number of hydrogen-bond donors (Lipinski definition) is 0. The van der Waals surface area contributed by atoms with Crippen molar-refractivity contribution in [3.63, 3.8) is 0 Å². The Morgan fingerprint density at radius 1 is 1.11 bits per heavy atom. The van der Waals surface area contributed by atoms with Crippen LogP contribution in [0.25, 0.3) is 0 Å². The molecule has 0 saturated carbocycles. The molecule has 0 fully saturated rings. The Balaban J connectivity index is 0.000000314. The zero-order valence-electron chi connectivity index (χ0n) is 18.6. The molecule has 0 bridgehead atoms. The number of esters is 1. The zero-order valence-corrected chi connectivity index (χ0v) is 18.6. The molecule has 0 amide bonds. The van der Waals surface area contributed by atoms with Crippen LogP contribution in [0.1, 0.15) is 93.4 Å². The van der Waals surface area contributed by atoms with Gasteiger partial charge in [0.15, 0.2) is 0 Å². The predicted molar refractivity (Wildman–Crippen MR) is 113 cm³/mol. The Kier molecular flexibility index (Phi) is 8.98. The third kappa shape index (κ3) is 6.33. The molecule has 0 N–H and O–H groups in total. The van der Waals surface area contributed by atoms with E-state index >= 15 is 0 Å². The maximum Gasteiger partial charge on any atom is 0.302 e. The van der Waals surface area contributed by atoms with E-state index in [0.717, 1.165) is 25.7 Å². The van der Waals surface area contributed by atoms with Crippen molar-refractivity contribution < 1.29 is 14.3 Å². The summed E-state index contributed by atoms with van der Waals surface area (Å²) in [7, 11) is 0. The minimum absolute atomic E-state index is 0.118. The minimum Gasteiger partial charge on any atom is -0.466 e. The normalized spacial score (nSPS) is 26.9. The molecule has 0 aliphatic heterocycles. The van der Waals surface area contributed by atoms with Crippen LogP contribution >= 0.6 is 0 Å². The van der Waals surface area contributed by atoms with E-state index in [1.807, 2.05) is 6.08 Å². The molecule has 3 heteroatoms.